The second-order valence-electron chi connectivity index (χ2n) is 13.9. The van der Waals surface area contributed by atoms with Gasteiger partial charge < -0.3 is 29.4 Å². The molecule has 14 heteroatoms. The third-order valence-electron chi connectivity index (χ3n) is 9.59. The molecule has 0 saturated heterocycles. The lowest BCUT2D eigenvalue weighted by Gasteiger charge is -2.24. The van der Waals surface area contributed by atoms with Crippen LogP contribution in [-0.2, 0) is 32.6 Å². The lowest BCUT2D eigenvalue weighted by atomic mass is 9.90. The van der Waals surface area contributed by atoms with Crippen LogP contribution in [-0.4, -0.2) is 65.7 Å². The number of benzene rings is 6. The highest BCUT2D eigenvalue weighted by molar-refractivity contribution is 7.92. The van der Waals surface area contributed by atoms with E-state index in [9.17, 15) is 23.1 Å². The van der Waals surface area contributed by atoms with Crippen LogP contribution in [0.15, 0.2) is 163 Å². The Balaban J connectivity index is 1.14. The molecular formula is C47H48N4O9S. The number of amides is 2. The van der Waals surface area contributed by atoms with Crippen LogP contribution in [0.2, 0.25) is 0 Å². The molecule has 13 nitrogen and oxygen atoms in total. The molecule has 1 unspecified atom stereocenters. The minimum Gasteiger partial charge on any atom is -0.491 e. The van der Waals surface area contributed by atoms with Crippen LogP contribution >= 0.6 is 0 Å². The molecule has 6 rings (SSSR count). The van der Waals surface area contributed by atoms with E-state index < -0.39 is 28.3 Å². The Morgan fingerprint density at radius 1 is 0.689 bits per heavy atom. The first-order valence-electron chi connectivity index (χ1n) is 19.5. The number of aliphatic hydroxyl groups is 1. The molecule has 2 atom stereocenters. The van der Waals surface area contributed by atoms with Gasteiger partial charge in [0, 0.05) is 36.4 Å². The number of hydrogen-bond acceptors (Lipinski definition) is 10. The zero-order valence-corrected chi connectivity index (χ0v) is 34.6. The van der Waals surface area contributed by atoms with Crippen molar-refractivity contribution in [2.45, 2.75) is 30.1 Å². The number of nitrogens with one attached hydrogen (secondary N) is 3. The van der Waals surface area contributed by atoms with E-state index in [-0.39, 0.29) is 36.3 Å². The highest BCUT2D eigenvalue weighted by Crippen LogP contribution is 2.33. The average Bonchev–Trinajstić information content (AvgIpc) is 3.29. The first-order chi connectivity index (χ1) is 29.6. The minimum absolute atomic E-state index is 0.0890. The molecule has 6 aromatic rings. The highest BCUT2D eigenvalue weighted by Gasteiger charge is 2.21. The lowest BCUT2D eigenvalue weighted by molar-refractivity contribution is 0.106. The van der Waals surface area contributed by atoms with Gasteiger partial charge in [-0.25, -0.2) is 18.0 Å². The second-order valence-corrected chi connectivity index (χ2v) is 15.6. The smallest absolute Gasteiger partial charge is 0.414 e. The first kappa shape index (κ1) is 43.7. The van der Waals surface area contributed by atoms with Gasteiger partial charge in [0.1, 0.15) is 30.8 Å². The summed E-state index contributed by atoms with van der Waals surface area (Å²) in [5, 5.41) is 17.1. The van der Waals surface area contributed by atoms with Gasteiger partial charge in [0.15, 0.2) is 0 Å². The van der Waals surface area contributed by atoms with Crippen molar-refractivity contribution in [2.75, 3.05) is 48.9 Å². The number of rotatable bonds is 19. The molecule has 4 N–H and O–H groups in total. The van der Waals surface area contributed by atoms with Crippen LogP contribution in [0, 0.1) is 0 Å². The molecule has 0 aliphatic heterocycles. The monoisotopic (exact) mass is 844 g/mol. The molecular weight excluding hydrogens is 797 g/mol. The largest absolute Gasteiger partial charge is 0.491 e. The molecule has 0 aliphatic rings. The Morgan fingerprint density at radius 3 is 1.92 bits per heavy atom. The SMILES string of the molecule is COC(=O)Nc1ccc(C(CNC[C@H](O)COc2ccc(OCc3ccccc3)c(NS(=O)(=O)c3ccccc3)c2)c2ccc(N(Cc3ccccc3)C(=O)OC)cc2)cc1. The summed E-state index contributed by atoms with van der Waals surface area (Å²) < 4.78 is 51.1. The molecule has 0 bridgehead atoms. The van der Waals surface area contributed by atoms with Gasteiger partial charge in [0.2, 0.25) is 0 Å². The van der Waals surface area contributed by atoms with Crippen molar-refractivity contribution in [3.63, 3.8) is 0 Å². The standard InChI is InChI=1S/C47H48N4O9S/c1-57-46(53)49-38-22-18-36(19-23-38)43(37-20-24-39(25-21-37)51(47(54)58-2)31-34-12-6-3-7-13-34)30-48-29-40(52)33-59-41-26-27-45(60-32-35-14-8-4-9-15-35)44(28-41)50-61(55,56)42-16-10-5-11-17-42/h3-28,40,43,48,50,52H,29-33H2,1-2H3,(H,49,53)/t40-,43?/m0/s1. The quantitative estimate of drug-likeness (QED) is 0.0625. The van der Waals surface area contributed by atoms with Crippen molar-refractivity contribution in [3.8, 4) is 11.5 Å². The third kappa shape index (κ3) is 12.6. The molecule has 316 valence electrons. The maximum atomic E-state index is 13.3. The Hall–Kier alpha value is -6.87. The maximum absolute atomic E-state index is 13.3. The van der Waals surface area contributed by atoms with Gasteiger partial charge in [0.05, 0.1) is 31.3 Å². The molecule has 6 aromatic carbocycles. The molecule has 0 saturated carbocycles. The van der Waals surface area contributed by atoms with Gasteiger partial charge in [-0.1, -0.05) is 103 Å². The Bertz CT molecular complexity index is 2420. The molecule has 61 heavy (non-hydrogen) atoms. The Morgan fingerprint density at radius 2 is 1.30 bits per heavy atom. The first-order valence-corrected chi connectivity index (χ1v) is 20.9. The number of nitrogens with zero attached hydrogens (tertiary/aromatic N) is 1. The van der Waals surface area contributed by atoms with Crippen LogP contribution in [0.3, 0.4) is 0 Å². The van der Waals surface area contributed by atoms with Crippen LogP contribution in [0.1, 0.15) is 28.2 Å². The summed E-state index contributed by atoms with van der Waals surface area (Å²) in [6.07, 6.45) is -2.02. The van der Waals surface area contributed by atoms with E-state index in [1.807, 2.05) is 97.1 Å². The van der Waals surface area contributed by atoms with Gasteiger partial charge in [-0.05, 0) is 70.8 Å². The maximum Gasteiger partial charge on any atom is 0.414 e. The third-order valence-corrected chi connectivity index (χ3v) is 11.0. The number of ether oxygens (including phenoxy) is 4. The van der Waals surface area contributed by atoms with E-state index in [0.717, 1.165) is 22.3 Å². The van der Waals surface area contributed by atoms with E-state index in [2.05, 4.69) is 15.4 Å². The van der Waals surface area contributed by atoms with Crippen molar-refractivity contribution in [2.24, 2.45) is 0 Å². The summed E-state index contributed by atoms with van der Waals surface area (Å²) in [4.78, 5) is 26.3. The molecule has 0 radical (unpaired) electrons. The van der Waals surface area contributed by atoms with Gasteiger partial charge in [-0.15, -0.1) is 0 Å². The fourth-order valence-electron chi connectivity index (χ4n) is 6.41. The predicted molar refractivity (Wildman–Crippen MR) is 235 cm³/mol. The van der Waals surface area contributed by atoms with Crippen LogP contribution in [0.5, 0.6) is 11.5 Å². The van der Waals surface area contributed by atoms with E-state index in [4.69, 9.17) is 18.9 Å². The summed E-state index contributed by atoms with van der Waals surface area (Å²) in [5.74, 6) is 0.419. The van der Waals surface area contributed by atoms with Crippen molar-refractivity contribution >= 4 is 39.3 Å². The fraction of sp³-hybridized carbons (Fsp3) is 0.191. The summed E-state index contributed by atoms with van der Waals surface area (Å²) >= 11 is 0. The van der Waals surface area contributed by atoms with E-state index >= 15 is 0 Å². The van der Waals surface area contributed by atoms with E-state index in [1.54, 1.807) is 47.4 Å². The molecule has 0 aliphatic carbocycles. The normalized spacial score (nSPS) is 12.0. The fourth-order valence-corrected chi connectivity index (χ4v) is 7.49. The number of aliphatic hydroxyl groups excluding tert-OH is 1. The van der Waals surface area contributed by atoms with Crippen molar-refractivity contribution in [1.82, 2.24) is 5.32 Å². The van der Waals surface area contributed by atoms with E-state index in [1.165, 1.54) is 32.4 Å². The highest BCUT2D eigenvalue weighted by atomic mass is 32.2. The van der Waals surface area contributed by atoms with Crippen LogP contribution in [0.25, 0.3) is 0 Å². The van der Waals surface area contributed by atoms with Gasteiger partial charge in [-0.2, -0.15) is 0 Å². The number of carbonyl (C=O) groups is 2. The Kier molecular flexibility index (Phi) is 15.3. The van der Waals surface area contributed by atoms with E-state index in [0.29, 0.717) is 36.0 Å². The summed E-state index contributed by atoms with van der Waals surface area (Å²) in [6.45, 7) is 1.01. The number of sulfonamides is 1. The number of anilines is 3. The lowest BCUT2D eigenvalue weighted by Crippen LogP contribution is -2.34. The van der Waals surface area contributed by atoms with Crippen LogP contribution in [0.4, 0.5) is 26.7 Å². The van der Waals surface area contributed by atoms with Gasteiger partial charge >= 0.3 is 12.2 Å². The number of hydrogen-bond donors (Lipinski definition) is 4. The number of carbonyl (C=O) groups excluding carboxylic acids is 2. The minimum atomic E-state index is -3.96. The second kappa shape index (κ2) is 21.4. The van der Waals surface area contributed by atoms with Crippen LogP contribution < -0.4 is 29.7 Å². The van der Waals surface area contributed by atoms with Crippen molar-refractivity contribution in [1.29, 1.82) is 0 Å². The zero-order valence-electron chi connectivity index (χ0n) is 33.8. The Labute approximate surface area is 355 Å². The van der Waals surface area contributed by atoms with Gasteiger partial charge in [-0.3, -0.25) is 14.9 Å². The van der Waals surface area contributed by atoms with Gasteiger partial charge in [0.25, 0.3) is 10.0 Å². The average molecular weight is 845 g/mol. The zero-order chi connectivity index (χ0) is 43.0. The molecule has 2 amide bonds. The summed E-state index contributed by atoms with van der Waals surface area (Å²) in [6, 6.07) is 46.9. The topological polar surface area (TPSA) is 165 Å². The molecule has 0 heterocycles. The molecule has 0 aromatic heterocycles. The number of methoxy groups -OCH3 is 2. The predicted octanol–water partition coefficient (Wildman–Crippen LogP) is 8.18. The summed E-state index contributed by atoms with van der Waals surface area (Å²) in [7, 11) is -1.32. The van der Waals surface area contributed by atoms with Crippen molar-refractivity contribution < 1.29 is 42.1 Å². The molecule has 0 fully saturated rings. The molecule has 0 spiro atoms. The summed E-state index contributed by atoms with van der Waals surface area (Å²) in [5.41, 5.74) is 5.11. The van der Waals surface area contributed by atoms with Crippen molar-refractivity contribution in [3.05, 3.63) is 180 Å².